The predicted molar refractivity (Wildman–Crippen MR) is 91.3 cm³/mol. The molecule has 0 radical (unpaired) electrons. The van der Waals surface area contributed by atoms with Crippen molar-refractivity contribution in [2.75, 3.05) is 18.0 Å². The highest BCUT2D eigenvalue weighted by Gasteiger charge is 2.23. The van der Waals surface area contributed by atoms with E-state index in [9.17, 15) is 0 Å². The van der Waals surface area contributed by atoms with Gasteiger partial charge in [-0.3, -0.25) is 0 Å². The van der Waals surface area contributed by atoms with Crippen LogP contribution in [0.1, 0.15) is 45.6 Å². The summed E-state index contributed by atoms with van der Waals surface area (Å²) in [5.74, 6) is 0.884. The Labute approximate surface area is 132 Å². The van der Waals surface area contributed by atoms with Gasteiger partial charge < -0.3 is 10.2 Å². The van der Waals surface area contributed by atoms with Crippen LogP contribution >= 0.6 is 15.9 Å². The summed E-state index contributed by atoms with van der Waals surface area (Å²) in [5.41, 5.74) is 2.70. The zero-order chi connectivity index (χ0) is 14.5. The fraction of sp³-hybridized carbons (Fsp3) is 0.647. The molecule has 1 aromatic carbocycles. The minimum absolute atomic E-state index is 0.529. The van der Waals surface area contributed by atoms with E-state index in [4.69, 9.17) is 0 Å². The first-order valence-electron chi connectivity index (χ1n) is 7.87. The van der Waals surface area contributed by atoms with E-state index in [2.05, 4.69) is 65.1 Å². The molecular weight excluding hydrogens is 312 g/mol. The Bertz CT molecular complexity index is 431. The molecule has 1 aliphatic rings. The normalized spacial score (nSPS) is 19.1. The summed E-state index contributed by atoms with van der Waals surface area (Å²) in [6.07, 6.45) is 4.01. The Hall–Kier alpha value is -0.540. The van der Waals surface area contributed by atoms with Gasteiger partial charge in [-0.05, 0) is 52.4 Å². The molecule has 1 atom stereocenters. The molecule has 2 nitrogen and oxygen atoms in total. The van der Waals surface area contributed by atoms with E-state index in [0.29, 0.717) is 6.04 Å². The summed E-state index contributed by atoms with van der Waals surface area (Å²) >= 11 is 3.75. The maximum absolute atomic E-state index is 3.75. The summed E-state index contributed by atoms with van der Waals surface area (Å²) < 4.78 is 1.23. The molecule has 1 unspecified atom stereocenters. The fourth-order valence-corrected chi connectivity index (χ4v) is 3.61. The van der Waals surface area contributed by atoms with Crippen LogP contribution in [0.15, 0.2) is 22.7 Å². The van der Waals surface area contributed by atoms with Gasteiger partial charge in [0.1, 0.15) is 0 Å². The Morgan fingerprint density at radius 3 is 2.85 bits per heavy atom. The molecule has 1 aromatic rings. The average Bonchev–Trinajstić information content (AvgIpc) is 2.85. The Kier molecular flexibility index (Phi) is 5.91. The number of anilines is 1. The van der Waals surface area contributed by atoms with Crippen molar-refractivity contribution in [3.63, 3.8) is 0 Å². The SMILES string of the molecule is CCCC1CCN(c2ccc(CNC(C)C)cc2Br)C1. The van der Waals surface area contributed by atoms with Crippen LogP contribution in [-0.2, 0) is 6.54 Å². The number of rotatable bonds is 6. The lowest BCUT2D eigenvalue weighted by atomic mass is 10.0. The molecule has 0 aliphatic carbocycles. The van der Waals surface area contributed by atoms with E-state index in [1.807, 2.05) is 0 Å². The monoisotopic (exact) mass is 338 g/mol. The van der Waals surface area contributed by atoms with E-state index in [1.54, 1.807) is 0 Å². The van der Waals surface area contributed by atoms with Crippen LogP contribution < -0.4 is 10.2 Å². The number of nitrogens with one attached hydrogen (secondary N) is 1. The molecule has 0 spiro atoms. The van der Waals surface area contributed by atoms with Gasteiger partial charge in [0.15, 0.2) is 0 Å². The van der Waals surface area contributed by atoms with Crippen molar-refractivity contribution < 1.29 is 0 Å². The lowest BCUT2D eigenvalue weighted by Crippen LogP contribution is -2.22. The van der Waals surface area contributed by atoms with Crippen LogP contribution in [0.4, 0.5) is 5.69 Å². The van der Waals surface area contributed by atoms with E-state index in [0.717, 1.165) is 12.5 Å². The fourth-order valence-electron chi connectivity index (χ4n) is 2.93. The third kappa shape index (κ3) is 4.23. The van der Waals surface area contributed by atoms with Gasteiger partial charge in [-0.25, -0.2) is 0 Å². The highest BCUT2D eigenvalue weighted by atomic mass is 79.9. The number of halogens is 1. The molecule has 20 heavy (non-hydrogen) atoms. The summed E-state index contributed by atoms with van der Waals surface area (Å²) in [7, 11) is 0. The summed E-state index contributed by atoms with van der Waals surface area (Å²) in [6, 6.07) is 7.32. The average molecular weight is 339 g/mol. The van der Waals surface area contributed by atoms with Gasteiger partial charge in [0.2, 0.25) is 0 Å². The van der Waals surface area contributed by atoms with Gasteiger partial charge in [-0.2, -0.15) is 0 Å². The molecule has 1 saturated heterocycles. The molecule has 1 aliphatic heterocycles. The quantitative estimate of drug-likeness (QED) is 0.816. The zero-order valence-corrected chi connectivity index (χ0v) is 14.5. The van der Waals surface area contributed by atoms with E-state index < -0.39 is 0 Å². The second kappa shape index (κ2) is 7.46. The maximum Gasteiger partial charge on any atom is 0.0510 e. The van der Waals surface area contributed by atoms with E-state index in [-0.39, 0.29) is 0 Å². The van der Waals surface area contributed by atoms with Crippen molar-refractivity contribution >= 4 is 21.6 Å². The van der Waals surface area contributed by atoms with Crippen LogP contribution in [0.25, 0.3) is 0 Å². The van der Waals surface area contributed by atoms with Gasteiger partial charge in [-0.1, -0.05) is 33.3 Å². The first-order valence-corrected chi connectivity index (χ1v) is 8.66. The molecule has 2 rings (SSSR count). The van der Waals surface area contributed by atoms with Crippen LogP contribution in [0.3, 0.4) is 0 Å². The summed E-state index contributed by atoms with van der Waals surface area (Å²) in [5, 5.41) is 3.47. The first kappa shape index (κ1) is 15.8. The molecule has 1 fully saturated rings. The smallest absolute Gasteiger partial charge is 0.0510 e. The van der Waals surface area contributed by atoms with E-state index >= 15 is 0 Å². The molecule has 0 saturated carbocycles. The van der Waals surface area contributed by atoms with Gasteiger partial charge in [0.05, 0.1) is 5.69 Å². The van der Waals surface area contributed by atoms with Crippen molar-refractivity contribution in [3.05, 3.63) is 28.2 Å². The summed E-state index contributed by atoms with van der Waals surface area (Å²) in [4.78, 5) is 2.53. The van der Waals surface area contributed by atoms with Crippen LogP contribution in [0.5, 0.6) is 0 Å². The van der Waals surface area contributed by atoms with Gasteiger partial charge in [0.25, 0.3) is 0 Å². The largest absolute Gasteiger partial charge is 0.370 e. The molecule has 0 aromatic heterocycles. The molecular formula is C17H27BrN2. The first-order chi connectivity index (χ1) is 9.60. The molecule has 1 heterocycles. The van der Waals surface area contributed by atoms with Gasteiger partial charge in [0, 0.05) is 30.1 Å². The molecule has 3 heteroatoms. The zero-order valence-electron chi connectivity index (χ0n) is 13.0. The second-order valence-electron chi connectivity index (χ2n) is 6.21. The van der Waals surface area contributed by atoms with Crippen LogP contribution in [0.2, 0.25) is 0 Å². The Morgan fingerprint density at radius 1 is 1.40 bits per heavy atom. The standard InChI is InChI=1S/C17H27BrN2/c1-4-5-14-8-9-20(12-14)17-7-6-15(10-16(17)18)11-19-13(2)3/h6-7,10,13-14,19H,4-5,8-9,11-12H2,1-3H3. The van der Waals surface area contributed by atoms with Crippen molar-refractivity contribution in [3.8, 4) is 0 Å². The summed E-state index contributed by atoms with van der Waals surface area (Å²) in [6.45, 7) is 10.0. The van der Waals surface area contributed by atoms with Crippen molar-refractivity contribution in [2.45, 2.75) is 52.6 Å². The predicted octanol–water partition coefficient (Wildman–Crippen LogP) is 4.57. The minimum atomic E-state index is 0.529. The molecule has 0 bridgehead atoms. The molecule has 0 amide bonds. The molecule has 1 N–H and O–H groups in total. The minimum Gasteiger partial charge on any atom is -0.370 e. The van der Waals surface area contributed by atoms with Gasteiger partial charge >= 0.3 is 0 Å². The Morgan fingerprint density at radius 2 is 2.20 bits per heavy atom. The van der Waals surface area contributed by atoms with Crippen molar-refractivity contribution in [1.29, 1.82) is 0 Å². The third-order valence-corrected chi connectivity index (χ3v) is 4.69. The highest BCUT2D eigenvalue weighted by molar-refractivity contribution is 9.10. The lowest BCUT2D eigenvalue weighted by molar-refractivity contribution is 0.530. The van der Waals surface area contributed by atoms with Crippen molar-refractivity contribution in [1.82, 2.24) is 5.32 Å². The lowest BCUT2D eigenvalue weighted by Gasteiger charge is -2.21. The highest BCUT2D eigenvalue weighted by Crippen LogP contribution is 2.32. The number of benzene rings is 1. The van der Waals surface area contributed by atoms with Crippen molar-refractivity contribution in [2.24, 2.45) is 5.92 Å². The topological polar surface area (TPSA) is 15.3 Å². The molecule has 112 valence electrons. The third-order valence-electron chi connectivity index (χ3n) is 4.05. The number of nitrogens with zero attached hydrogens (tertiary/aromatic N) is 1. The number of hydrogen-bond acceptors (Lipinski definition) is 2. The Balaban J connectivity index is 1.99. The maximum atomic E-state index is 3.75. The number of hydrogen-bond donors (Lipinski definition) is 1. The second-order valence-corrected chi connectivity index (χ2v) is 7.07. The van der Waals surface area contributed by atoms with Crippen LogP contribution in [-0.4, -0.2) is 19.1 Å². The van der Waals surface area contributed by atoms with E-state index in [1.165, 1.54) is 48.1 Å². The van der Waals surface area contributed by atoms with Gasteiger partial charge in [-0.15, -0.1) is 0 Å². The van der Waals surface area contributed by atoms with Crippen LogP contribution in [0, 0.1) is 5.92 Å².